The van der Waals surface area contributed by atoms with Gasteiger partial charge in [-0.2, -0.15) is 10.2 Å². The summed E-state index contributed by atoms with van der Waals surface area (Å²) < 4.78 is 7.28. The maximum atomic E-state index is 12.5. The van der Waals surface area contributed by atoms with Gasteiger partial charge in [0.05, 0.1) is 24.4 Å². The molecule has 0 bridgehead atoms. The zero-order valence-corrected chi connectivity index (χ0v) is 17.8. The van der Waals surface area contributed by atoms with Crippen LogP contribution in [-0.2, 0) is 13.5 Å². The Morgan fingerprint density at radius 2 is 2.13 bits per heavy atom. The fourth-order valence-electron chi connectivity index (χ4n) is 3.71. The van der Waals surface area contributed by atoms with Gasteiger partial charge in [-0.25, -0.2) is 4.98 Å². The molecule has 1 saturated carbocycles. The summed E-state index contributed by atoms with van der Waals surface area (Å²) in [7, 11) is 3.46. The van der Waals surface area contributed by atoms with E-state index in [1.807, 2.05) is 25.4 Å². The zero-order valence-electron chi connectivity index (χ0n) is 17.8. The molecular formula is C23H24N6O2. The molecule has 158 valence electrons. The second-order valence-electron chi connectivity index (χ2n) is 8.05. The number of hydrogen-bond donors (Lipinski definition) is 2. The largest absolute Gasteiger partial charge is 0.496 e. The Bertz CT molecular complexity index is 1280. The number of carbonyl (C=O) groups excluding carboxylic acids is 1. The van der Waals surface area contributed by atoms with Crippen LogP contribution in [0.15, 0.2) is 36.5 Å². The first-order chi connectivity index (χ1) is 15.0. The van der Waals surface area contributed by atoms with Crippen molar-refractivity contribution >= 4 is 16.8 Å². The molecule has 2 aromatic carbocycles. The van der Waals surface area contributed by atoms with Crippen LogP contribution >= 0.6 is 0 Å². The summed E-state index contributed by atoms with van der Waals surface area (Å²) in [6, 6.07) is 10.0. The monoisotopic (exact) mass is 416 g/mol. The number of H-pyrrole nitrogens is 1. The molecule has 1 amide bonds. The van der Waals surface area contributed by atoms with Crippen molar-refractivity contribution in [2.45, 2.75) is 32.2 Å². The number of fused-ring (bicyclic) bond motifs is 1. The smallest absolute Gasteiger partial charge is 0.255 e. The van der Waals surface area contributed by atoms with Crippen LogP contribution in [0.5, 0.6) is 5.75 Å². The molecule has 1 fully saturated rings. The molecule has 8 heteroatoms. The molecule has 0 atom stereocenters. The lowest BCUT2D eigenvalue weighted by Crippen LogP contribution is -2.25. The predicted octanol–water partition coefficient (Wildman–Crippen LogP) is 3.16. The van der Waals surface area contributed by atoms with Crippen molar-refractivity contribution in [3.63, 3.8) is 0 Å². The molecule has 0 spiro atoms. The number of aryl methyl sites for hydroxylation is 2. The van der Waals surface area contributed by atoms with E-state index in [1.54, 1.807) is 17.9 Å². The SMILES string of the molecule is COc1cc(-c2nc(Cc3cc4cn[nH]c4cc3C)n(C)n2)ccc1C(=O)NC1CC1. The van der Waals surface area contributed by atoms with Crippen LogP contribution in [0.1, 0.15) is 40.2 Å². The van der Waals surface area contributed by atoms with E-state index in [1.165, 1.54) is 11.1 Å². The van der Waals surface area contributed by atoms with Gasteiger partial charge in [0.25, 0.3) is 5.91 Å². The highest BCUT2D eigenvalue weighted by molar-refractivity contribution is 5.97. The first kappa shape index (κ1) is 19.3. The molecule has 0 unspecified atom stereocenters. The topological polar surface area (TPSA) is 97.7 Å². The van der Waals surface area contributed by atoms with E-state index < -0.39 is 0 Å². The number of rotatable bonds is 6. The number of benzene rings is 2. The van der Waals surface area contributed by atoms with Crippen molar-refractivity contribution in [1.82, 2.24) is 30.3 Å². The quantitative estimate of drug-likeness (QED) is 0.503. The van der Waals surface area contributed by atoms with Gasteiger partial charge >= 0.3 is 0 Å². The molecule has 2 heterocycles. The number of hydrogen-bond acceptors (Lipinski definition) is 5. The molecule has 0 saturated heterocycles. The fourth-order valence-corrected chi connectivity index (χ4v) is 3.71. The minimum Gasteiger partial charge on any atom is -0.496 e. The van der Waals surface area contributed by atoms with Crippen LogP contribution < -0.4 is 10.1 Å². The Hall–Kier alpha value is -3.68. The minimum atomic E-state index is -0.106. The van der Waals surface area contributed by atoms with Gasteiger partial charge in [0.15, 0.2) is 5.82 Å². The Balaban J connectivity index is 1.43. The van der Waals surface area contributed by atoms with Gasteiger partial charge in [0.1, 0.15) is 11.6 Å². The van der Waals surface area contributed by atoms with Crippen molar-refractivity contribution in [3.8, 4) is 17.1 Å². The second kappa shape index (κ2) is 7.54. The van der Waals surface area contributed by atoms with Crippen molar-refractivity contribution in [2.24, 2.45) is 7.05 Å². The molecule has 0 radical (unpaired) electrons. The highest BCUT2D eigenvalue weighted by atomic mass is 16.5. The molecule has 1 aliphatic rings. The van der Waals surface area contributed by atoms with Gasteiger partial charge in [-0.3, -0.25) is 14.6 Å². The van der Waals surface area contributed by atoms with Gasteiger partial charge in [0.2, 0.25) is 0 Å². The third-order valence-electron chi connectivity index (χ3n) is 5.72. The van der Waals surface area contributed by atoms with Crippen LogP contribution in [0.25, 0.3) is 22.3 Å². The van der Waals surface area contributed by atoms with Gasteiger partial charge < -0.3 is 10.1 Å². The summed E-state index contributed by atoms with van der Waals surface area (Å²) in [6.45, 7) is 2.09. The van der Waals surface area contributed by atoms with E-state index >= 15 is 0 Å². The van der Waals surface area contributed by atoms with E-state index in [9.17, 15) is 4.79 Å². The van der Waals surface area contributed by atoms with E-state index in [2.05, 4.69) is 39.7 Å². The number of amides is 1. The number of methoxy groups -OCH3 is 1. The minimum absolute atomic E-state index is 0.106. The first-order valence-corrected chi connectivity index (χ1v) is 10.3. The van der Waals surface area contributed by atoms with Crippen molar-refractivity contribution < 1.29 is 9.53 Å². The third-order valence-corrected chi connectivity index (χ3v) is 5.72. The number of aromatic amines is 1. The lowest BCUT2D eigenvalue weighted by Gasteiger charge is -2.09. The molecule has 8 nitrogen and oxygen atoms in total. The Labute approximate surface area is 179 Å². The molecule has 1 aliphatic carbocycles. The van der Waals surface area contributed by atoms with E-state index in [0.717, 1.165) is 35.1 Å². The number of carbonyl (C=O) groups is 1. The normalized spacial score (nSPS) is 13.5. The predicted molar refractivity (Wildman–Crippen MR) is 117 cm³/mol. The average Bonchev–Trinajstić information content (AvgIpc) is 3.34. The summed E-state index contributed by atoms with van der Waals surface area (Å²) in [4.78, 5) is 17.2. The molecule has 5 rings (SSSR count). The molecule has 0 aliphatic heterocycles. The lowest BCUT2D eigenvalue weighted by atomic mass is 10.0. The number of aromatic nitrogens is 5. The van der Waals surface area contributed by atoms with Gasteiger partial charge in [0, 0.05) is 30.5 Å². The van der Waals surface area contributed by atoms with Crippen LogP contribution in [-0.4, -0.2) is 44.0 Å². The molecule has 2 N–H and O–H groups in total. The summed E-state index contributed by atoms with van der Waals surface area (Å²) >= 11 is 0. The molecule has 2 aromatic heterocycles. The summed E-state index contributed by atoms with van der Waals surface area (Å²) in [5.74, 6) is 1.87. The molecular weight excluding hydrogens is 392 g/mol. The number of nitrogens with zero attached hydrogens (tertiary/aromatic N) is 4. The second-order valence-corrected chi connectivity index (χ2v) is 8.05. The van der Waals surface area contributed by atoms with E-state index in [-0.39, 0.29) is 5.91 Å². The third kappa shape index (κ3) is 3.76. The standard InChI is InChI=1S/C23H24N6O2/c1-13-8-19-16(12-24-27-19)9-15(13)11-21-26-22(28-29(21)2)14-4-7-18(20(10-14)31-3)23(30)25-17-5-6-17/h4,7-10,12,17H,5-6,11H2,1-3H3,(H,24,27)(H,25,30). The summed E-state index contributed by atoms with van der Waals surface area (Å²) in [6.07, 6.45) is 4.57. The van der Waals surface area contributed by atoms with Crippen LogP contribution in [0.3, 0.4) is 0 Å². The van der Waals surface area contributed by atoms with Crippen molar-refractivity contribution in [1.29, 1.82) is 0 Å². The Morgan fingerprint density at radius 3 is 2.90 bits per heavy atom. The maximum absolute atomic E-state index is 12.5. The zero-order chi connectivity index (χ0) is 21.5. The molecule has 4 aromatic rings. The lowest BCUT2D eigenvalue weighted by molar-refractivity contribution is 0.0948. The maximum Gasteiger partial charge on any atom is 0.255 e. The number of ether oxygens (including phenoxy) is 1. The van der Waals surface area contributed by atoms with Crippen LogP contribution in [0, 0.1) is 6.92 Å². The average molecular weight is 416 g/mol. The van der Waals surface area contributed by atoms with Gasteiger partial charge in [-0.1, -0.05) is 6.07 Å². The number of nitrogens with one attached hydrogen (secondary N) is 2. The van der Waals surface area contributed by atoms with Gasteiger partial charge in [-0.15, -0.1) is 0 Å². The van der Waals surface area contributed by atoms with Gasteiger partial charge in [-0.05, 0) is 55.2 Å². The summed E-state index contributed by atoms with van der Waals surface area (Å²) in [5, 5.41) is 15.8. The summed E-state index contributed by atoms with van der Waals surface area (Å²) in [5.41, 5.74) is 4.72. The highest BCUT2D eigenvalue weighted by Crippen LogP contribution is 2.28. The van der Waals surface area contributed by atoms with E-state index in [0.29, 0.717) is 29.6 Å². The highest BCUT2D eigenvalue weighted by Gasteiger charge is 2.25. The fraction of sp³-hybridized carbons (Fsp3) is 0.304. The molecule has 31 heavy (non-hydrogen) atoms. The Kier molecular flexibility index (Phi) is 4.69. The van der Waals surface area contributed by atoms with Crippen LogP contribution in [0.4, 0.5) is 0 Å². The van der Waals surface area contributed by atoms with Crippen molar-refractivity contribution in [2.75, 3.05) is 7.11 Å². The van der Waals surface area contributed by atoms with Crippen molar-refractivity contribution in [3.05, 3.63) is 59.0 Å². The van der Waals surface area contributed by atoms with E-state index in [4.69, 9.17) is 9.72 Å². The first-order valence-electron chi connectivity index (χ1n) is 10.3. The van der Waals surface area contributed by atoms with Crippen LogP contribution in [0.2, 0.25) is 0 Å². The Morgan fingerprint density at radius 1 is 1.29 bits per heavy atom.